The maximum absolute atomic E-state index is 5.79. The second-order valence-electron chi connectivity index (χ2n) is 5.96. The minimum Gasteiger partial charge on any atom is -0.379 e. The van der Waals surface area contributed by atoms with Gasteiger partial charge in [0.2, 0.25) is 0 Å². The number of hydrogen-bond acceptors (Lipinski definition) is 2. The predicted molar refractivity (Wildman–Crippen MR) is 76.4 cm³/mol. The van der Waals surface area contributed by atoms with Crippen molar-refractivity contribution in [3.8, 4) is 0 Å². The van der Waals surface area contributed by atoms with E-state index in [9.17, 15) is 0 Å². The Morgan fingerprint density at radius 2 is 1.59 bits per heavy atom. The van der Waals surface area contributed by atoms with Gasteiger partial charge in [-0.3, -0.25) is 0 Å². The van der Waals surface area contributed by atoms with E-state index in [0.29, 0.717) is 6.10 Å². The highest BCUT2D eigenvalue weighted by Gasteiger charge is 2.02. The van der Waals surface area contributed by atoms with Crippen LogP contribution in [-0.2, 0) is 4.74 Å². The van der Waals surface area contributed by atoms with Crippen LogP contribution in [0.5, 0.6) is 0 Å². The van der Waals surface area contributed by atoms with E-state index >= 15 is 0 Å². The van der Waals surface area contributed by atoms with Gasteiger partial charge in [-0.25, -0.2) is 0 Å². The van der Waals surface area contributed by atoms with E-state index in [4.69, 9.17) is 4.74 Å². The number of rotatable bonds is 11. The third-order valence-corrected chi connectivity index (χ3v) is 2.84. The zero-order valence-electron chi connectivity index (χ0n) is 12.6. The predicted octanol–water partition coefficient (Wildman–Crippen LogP) is 3.85. The molecular formula is C15H33NO. The fraction of sp³-hybridized carbons (Fsp3) is 1.00. The fourth-order valence-electron chi connectivity index (χ4n) is 1.76. The van der Waals surface area contributed by atoms with E-state index in [1.54, 1.807) is 0 Å². The van der Waals surface area contributed by atoms with Crippen LogP contribution in [0.15, 0.2) is 0 Å². The molecule has 0 spiro atoms. The van der Waals surface area contributed by atoms with Gasteiger partial charge in [0.15, 0.2) is 0 Å². The molecule has 1 atom stereocenters. The first-order valence-corrected chi connectivity index (χ1v) is 7.34. The van der Waals surface area contributed by atoms with Gasteiger partial charge in [-0.05, 0) is 57.5 Å². The van der Waals surface area contributed by atoms with Gasteiger partial charge in [0, 0.05) is 6.61 Å². The first kappa shape index (κ1) is 16.9. The lowest BCUT2D eigenvalue weighted by molar-refractivity contribution is 0.0550. The van der Waals surface area contributed by atoms with Gasteiger partial charge in [-0.1, -0.05) is 27.7 Å². The zero-order valence-corrected chi connectivity index (χ0v) is 12.6. The molecule has 0 saturated heterocycles. The van der Waals surface area contributed by atoms with Gasteiger partial charge >= 0.3 is 0 Å². The van der Waals surface area contributed by atoms with E-state index in [1.807, 2.05) is 0 Å². The molecule has 0 aliphatic rings. The summed E-state index contributed by atoms with van der Waals surface area (Å²) in [6, 6.07) is 0. The highest BCUT2D eigenvalue weighted by molar-refractivity contribution is 4.56. The second kappa shape index (κ2) is 11.0. The van der Waals surface area contributed by atoms with E-state index < -0.39 is 0 Å². The Bertz CT molecular complexity index is 157. The fourth-order valence-corrected chi connectivity index (χ4v) is 1.76. The van der Waals surface area contributed by atoms with Crippen LogP contribution in [0.4, 0.5) is 0 Å². The quantitative estimate of drug-likeness (QED) is 0.556. The maximum Gasteiger partial charge on any atom is 0.0547 e. The van der Waals surface area contributed by atoms with Gasteiger partial charge in [0.05, 0.1) is 6.10 Å². The lowest BCUT2D eigenvalue weighted by Crippen LogP contribution is -2.22. The van der Waals surface area contributed by atoms with E-state index in [0.717, 1.165) is 31.5 Å². The summed E-state index contributed by atoms with van der Waals surface area (Å²) in [7, 11) is 0. The molecule has 0 radical (unpaired) electrons. The summed E-state index contributed by atoms with van der Waals surface area (Å²) in [5.74, 6) is 1.55. The molecule has 0 fully saturated rings. The molecule has 2 nitrogen and oxygen atoms in total. The summed E-state index contributed by atoms with van der Waals surface area (Å²) in [5, 5.41) is 3.47. The Hall–Kier alpha value is -0.0800. The average Bonchev–Trinajstić information content (AvgIpc) is 2.23. The van der Waals surface area contributed by atoms with Crippen molar-refractivity contribution in [1.29, 1.82) is 0 Å². The molecule has 0 rings (SSSR count). The third-order valence-electron chi connectivity index (χ3n) is 2.84. The Morgan fingerprint density at radius 3 is 2.18 bits per heavy atom. The van der Waals surface area contributed by atoms with Gasteiger partial charge in [0.25, 0.3) is 0 Å². The van der Waals surface area contributed by atoms with Gasteiger partial charge in [0.1, 0.15) is 0 Å². The number of ether oxygens (including phenoxy) is 1. The van der Waals surface area contributed by atoms with Crippen molar-refractivity contribution < 1.29 is 4.74 Å². The van der Waals surface area contributed by atoms with Crippen LogP contribution in [-0.4, -0.2) is 25.8 Å². The van der Waals surface area contributed by atoms with Crippen LogP contribution >= 0.6 is 0 Å². The first-order chi connectivity index (χ1) is 8.02. The average molecular weight is 243 g/mol. The smallest absolute Gasteiger partial charge is 0.0547 e. The number of hydrogen-bond donors (Lipinski definition) is 1. The topological polar surface area (TPSA) is 21.3 Å². The molecule has 2 heteroatoms. The summed E-state index contributed by atoms with van der Waals surface area (Å²) >= 11 is 0. The largest absolute Gasteiger partial charge is 0.379 e. The van der Waals surface area contributed by atoms with Crippen LogP contribution in [0.2, 0.25) is 0 Å². The van der Waals surface area contributed by atoms with Gasteiger partial charge < -0.3 is 10.1 Å². The molecule has 0 aliphatic heterocycles. The maximum atomic E-state index is 5.79. The lowest BCUT2D eigenvalue weighted by atomic mass is 10.1. The minimum atomic E-state index is 0.419. The molecule has 0 amide bonds. The molecule has 0 aromatic carbocycles. The summed E-state index contributed by atoms with van der Waals surface area (Å²) in [4.78, 5) is 0. The number of nitrogens with one attached hydrogen (secondary N) is 1. The minimum absolute atomic E-state index is 0.419. The molecule has 0 aliphatic carbocycles. The summed E-state index contributed by atoms with van der Waals surface area (Å²) in [6.45, 7) is 14.4. The normalized spacial score (nSPS) is 13.6. The van der Waals surface area contributed by atoms with Crippen LogP contribution in [0, 0.1) is 11.8 Å². The van der Waals surface area contributed by atoms with Crippen molar-refractivity contribution in [1.82, 2.24) is 5.32 Å². The Morgan fingerprint density at radius 1 is 0.882 bits per heavy atom. The van der Waals surface area contributed by atoms with Crippen LogP contribution in [0.1, 0.15) is 60.3 Å². The molecule has 17 heavy (non-hydrogen) atoms. The molecule has 0 aromatic heterocycles. The van der Waals surface area contributed by atoms with E-state index in [1.165, 1.54) is 25.7 Å². The van der Waals surface area contributed by atoms with Gasteiger partial charge in [-0.15, -0.1) is 0 Å². The van der Waals surface area contributed by atoms with Crippen LogP contribution in [0.3, 0.4) is 0 Å². The van der Waals surface area contributed by atoms with E-state index in [2.05, 4.69) is 39.9 Å². The van der Waals surface area contributed by atoms with Crippen molar-refractivity contribution in [2.75, 3.05) is 19.7 Å². The van der Waals surface area contributed by atoms with Crippen molar-refractivity contribution >= 4 is 0 Å². The van der Waals surface area contributed by atoms with Gasteiger partial charge in [-0.2, -0.15) is 0 Å². The molecule has 104 valence electrons. The summed E-state index contributed by atoms with van der Waals surface area (Å²) in [5.41, 5.74) is 0. The Kier molecular flexibility index (Phi) is 11.0. The Labute approximate surface area is 109 Å². The highest BCUT2D eigenvalue weighted by Crippen LogP contribution is 2.06. The second-order valence-corrected chi connectivity index (χ2v) is 5.96. The van der Waals surface area contributed by atoms with E-state index in [-0.39, 0.29) is 0 Å². The molecule has 0 heterocycles. The highest BCUT2D eigenvalue weighted by atomic mass is 16.5. The monoisotopic (exact) mass is 243 g/mol. The van der Waals surface area contributed by atoms with Crippen molar-refractivity contribution in [2.24, 2.45) is 11.8 Å². The van der Waals surface area contributed by atoms with Crippen molar-refractivity contribution in [2.45, 2.75) is 66.4 Å². The SMILES string of the molecule is CC(C)CCCOC(C)CCCNCC(C)C. The van der Waals surface area contributed by atoms with Crippen molar-refractivity contribution in [3.05, 3.63) is 0 Å². The summed E-state index contributed by atoms with van der Waals surface area (Å²) < 4.78 is 5.79. The van der Waals surface area contributed by atoms with Crippen LogP contribution in [0.25, 0.3) is 0 Å². The molecule has 1 N–H and O–H groups in total. The molecule has 1 unspecified atom stereocenters. The molecular weight excluding hydrogens is 210 g/mol. The molecule has 0 aromatic rings. The zero-order chi connectivity index (χ0) is 13.1. The molecule has 0 bridgehead atoms. The third kappa shape index (κ3) is 13.9. The van der Waals surface area contributed by atoms with Crippen molar-refractivity contribution in [3.63, 3.8) is 0 Å². The Balaban J connectivity index is 3.20. The first-order valence-electron chi connectivity index (χ1n) is 7.34. The van der Waals surface area contributed by atoms with Crippen LogP contribution < -0.4 is 5.32 Å². The standard InChI is InChI=1S/C15H33NO/c1-13(2)8-7-11-17-15(5)9-6-10-16-12-14(3)4/h13-16H,6-12H2,1-5H3. The summed E-state index contributed by atoms with van der Waals surface area (Å²) in [6.07, 6.45) is 5.30. The molecule has 0 saturated carbocycles. The lowest BCUT2D eigenvalue weighted by Gasteiger charge is -2.14.